The molecule has 1 saturated carbocycles. The van der Waals surface area contributed by atoms with Crippen LogP contribution in [0, 0.1) is 0 Å². The van der Waals surface area contributed by atoms with Crippen LogP contribution in [0.15, 0.2) is 0 Å². The molecule has 0 radical (unpaired) electrons. The molecule has 2 amide bonds. The fraction of sp³-hybridized carbons (Fsp3) is 0.867. The lowest BCUT2D eigenvalue weighted by Gasteiger charge is -2.34. The van der Waals surface area contributed by atoms with Gasteiger partial charge in [0.1, 0.15) is 0 Å². The molecule has 0 spiro atoms. The van der Waals surface area contributed by atoms with Crippen LogP contribution in [0.2, 0.25) is 0 Å². The molecule has 6 heteroatoms. The molecule has 0 atom stereocenters. The number of hydrogen-bond acceptors (Lipinski definition) is 4. The van der Waals surface area contributed by atoms with Crippen LogP contribution >= 0.6 is 0 Å². The molecule has 0 aromatic heterocycles. The quantitative estimate of drug-likeness (QED) is 0.651. The van der Waals surface area contributed by atoms with E-state index in [1.807, 2.05) is 11.8 Å². The molecule has 1 aliphatic carbocycles. The Morgan fingerprint density at radius 3 is 2.43 bits per heavy atom. The first-order valence-corrected chi connectivity index (χ1v) is 8.19. The van der Waals surface area contributed by atoms with Crippen molar-refractivity contribution in [1.82, 2.24) is 20.4 Å². The van der Waals surface area contributed by atoms with Crippen LogP contribution in [0.1, 0.15) is 32.6 Å². The van der Waals surface area contributed by atoms with Gasteiger partial charge in [0, 0.05) is 51.7 Å². The van der Waals surface area contributed by atoms with Crippen LogP contribution in [0.25, 0.3) is 0 Å². The molecular weight excluding hydrogens is 268 g/mol. The first kappa shape index (κ1) is 16.2. The third kappa shape index (κ3) is 6.01. The molecule has 6 nitrogen and oxygen atoms in total. The zero-order chi connectivity index (χ0) is 15.1. The van der Waals surface area contributed by atoms with Crippen molar-refractivity contribution < 1.29 is 9.59 Å². The molecule has 2 fully saturated rings. The van der Waals surface area contributed by atoms with Crippen LogP contribution in [-0.4, -0.2) is 73.5 Å². The SMILES string of the molecule is CCCNC(=O)CN1CCN(C(=O)CCNC2CC2)CC1. The molecule has 0 bridgehead atoms. The van der Waals surface area contributed by atoms with Crippen molar-refractivity contribution >= 4 is 11.8 Å². The zero-order valence-electron chi connectivity index (χ0n) is 13.1. The van der Waals surface area contributed by atoms with Crippen molar-refractivity contribution in [2.75, 3.05) is 45.8 Å². The molecule has 0 aromatic carbocycles. The highest BCUT2D eigenvalue weighted by molar-refractivity contribution is 5.78. The molecular formula is C15H28N4O2. The summed E-state index contributed by atoms with van der Waals surface area (Å²) >= 11 is 0. The summed E-state index contributed by atoms with van der Waals surface area (Å²) in [4.78, 5) is 27.8. The number of nitrogens with zero attached hydrogens (tertiary/aromatic N) is 2. The fourth-order valence-electron chi connectivity index (χ4n) is 2.51. The minimum atomic E-state index is 0.0882. The van der Waals surface area contributed by atoms with Crippen LogP contribution in [-0.2, 0) is 9.59 Å². The summed E-state index contributed by atoms with van der Waals surface area (Å²) in [6.07, 6.45) is 4.07. The van der Waals surface area contributed by atoms with Gasteiger partial charge >= 0.3 is 0 Å². The Morgan fingerprint density at radius 2 is 1.81 bits per heavy atom. The summed E-state index contributed by atoms with van der Waals surface area (Å²) in [6, 6.07) is 0.663. The standard InChI is InChI=1S/C15H28N4O2/c1-2-6-17-14(20)12-18-8-10-19(11-9-18)15(21)5-7-16-13-3-4-13/h13,16H,2-12H2,1H3,(H,17,20). The Bertz CT molecular complexity index is 350. The van der Waals surface area contributed by atoms with E-state index in [0.717, 1.165) is 45.7 Å². The van der Waals surface area contributed by atoms with Crippen LogP contribution in [0.3, 0.4) is 0 Å². The minimum Gasteiger partial charge on any atom is -0.355 e. The summed E-state index contributed by atoms with van der Waals surface area (Å²) in [7, 11) is 0. The Balaban J connectivity index is 1.58. The summed E-state index contributed by atoms with van der Waals surface area (Å²) in [5.74, 6) is 0.323. The summed E-state index contributed by atoms with van der Waals surface area (Å²) in [5, 5.41) is 6.26. The average Bonchev–Trinajstić information content (AvgIpc) is 3.30. The largest absolute Gasteiger partial charge is 0.355 e. The van der Waals surface area contributed by atoms with E-state index in [1.54, 1.807) is 0 Å². The second-order valence-corrected chi connectivity index (χ2v) is 5.99. The smallest absolute Gasteiger partial charge is 0.234 e. The first-order chi connectivity index (χ1) is 10.2. The third-order valence-electron chi connectivity index (χ3n) is 4.01. The third-order valence-corrected chi connectivity index (χ3v) is 4.01. The number of carbonyl (C=O) groups excluding carboxylic acids is 2. The predicted octanol–water partition coefficient (Wildman–Crippen LogP) is -0.201. The lowest BCUT2D eigenvalue weighted by molar-refractivity contribution is -0.133. The van der Waals surface area contributed by atoms with Gasteiger partial charge in [0.15, 0.2) is 0 Å². The van der Waals surface area contributed by atoms with Gasteiger partial charge in [-0.2, -0.15) is 0 Å². The highest BCUT2D eigenvalue weighted by Crippen LogP contribution is 2.18. The van der Waals surface area contributed by atoms with Crippen LogP contribution in [0.4, 0.5) is 0 Å². The van der Waals surface area contributed by atoms with E-state index in [9.17, 15) is 9.59 Å². The number of nitrogens with one attached hydrogen (secondary N) is 2. The first-order valence-electron chi connectivity index (χ1n) is 8.19. The molecule has 2 rings (SSSR count). The second-order valence-electron chi connectivity index (χ2n) is 5.99. The highest BCUT2D eigenvalue weighted by Gasteiger charge is 2.23. The van der Waals surface area contributed by atoms with E-state index in [2.05, 4.69) is 15.5 Å². The number of rotatable bonds is 8. The molecule has 0 unspecified atom stereocenters. The zero-order valence-corrected chi connectivity index (χ0v) is 13.1. The lowest BCUT2D eigenvalue weighted by Crippen LogP contribution is -2.51. The van der Waals surface area contributed by atoms with Gasteiger partial charge in [-0.05, 0) is 19.3 Å². The number of hydrogen-bond donors (Lipinski definition) is 2. The van der Waals surface area contributed by atoms with Gasteiger partial charge in [0.25, 0.3) is 0 Å². The molecule has 2 aliphatic rings. The summed E-state index contributed by atoms with van der Waals surface area (Å²) < 4.78 is 0. The van der Waals surface area contributed by atoms with Crippen molar-refractivity contribution in [3.63, 3.8) is 0 Å². The Kier molecular flexibility index (Phi) is 6.45. The van der Waals surface area contributed by atoms with Crippen molar-refractivity contribution in [2.45, 2.75) is 38.6 Å². The maximum absolute atomic E-state index is 12.1. The van der Waals surface area contributed by atoms with Gasteiger partial charge in [-0.25, -0.2) is 0 Å². The van der Waals surface area contributed by atoms with Crippen molar-refractivity contribution in [3.8, 4) is 0 Å². The molecule has 0 aromatic rings. The maximum Gasteiger partial charge on any atom is 0.234 e. The van der Waals surface area contributed by atoms with Crippen molar-refractivity contribution in [3.05, 3.63) is 0 Å². The molecule has 21 heavy (non-hydrogen) atoms. The van der Waals surface area contributed by atoms with E-state index < -0.39 is 0 Å². The Morgan fingerprint density at radius 1 is 1.10 bits per heavy atom. The minimum absolute atomic E-state index is 0.0882. The van der Waals surface area contributed by atoms with E-state index >= 15 is 0 Å². The molecule has 1 aliphatic heterocycles. The van der Waals surface area contributed by atoms with Crippen molar-refractivity contribution in [1.29, 1.82) is 0 Å². The number of piperazine rings is 1. The van der Waals surface area contributed by atoms with E-state index in [0.29, 0.717) is 19.0 Å². The number of carbonyl (C=O) groups is 2. The van der Waals surface area contributed by atoms with Crippen LogP contribution in [0.5, 0.6) is 0 Å². The van der Waals surface area contributed by atoms with Crippen LogP contribution < -0.4 is 10.6 Å². The normalized spacial score (nSPS) is 19.6. The van der Waals surface area contributed by atoms with E-state index in [1.165, 1.54) is 12.8 Å². The van der Waals surface area contributed by atoms with Crippen molar-refractivity contribution in [2.24, 2.45) is 0 Å². The van der Waals surface area contributed by atoms with Gasteiger partial charge in [-0.1, -0.05) is 6.92 Å². The maximum atomic E-state index is 12.1. The Hall–Kier alpha value is -1.14. The number of amides is 2. The molecule has 1 heterocycles. The summed E-state index contributed by atoms with van der Waals surface area (Å²) in [5.41, 5.74) is 0. The monoisotopic (exact) mass is 296 g/mol. The average molecular weight is 296 g/mol. The second kappa shape index (κ2) is 8.34. The molecule has 120 valence electrons. The fourth-order valence-corrected chi connectivity index (χ4v) is 2.51. The lowest BCUT2D eigenvalue weighted by atomic mass is 10.2. The highest BCUT2D eigenvalue weighted by atomic mass is 16.2. The van der Waals surface area contributed by atoms with E-state index in [4.69, 9.17) is 0 Å². The van der Waals surface area contributed by atoms with E-state index in [-0.39, 0.29) is 11.8 Å². The van der Waals surface area contributed by atoms with Gasteiger partial charge in [0.2, 0.25) is 11.8 Å². The summed E-state index contributed by atoms with van der Waals surface area (Å²) in [6.45, 7) is 7.09. The van der Waals surface area contributed by atoms with Gasteiger partial charge in [-0.3, -0.25) is 14.5 Å². The predicted molar refractivity (Wildman–Crippen MR) is 82.0 cm³/mol. The van der Waals surface area contributed by atoms with Gasteiger partial charge in [-0.15, -0.1) is 0 Å². The molecule has 2 N–H and O–H groups in total. The van der Waals surface area contributed by atoms with Gasteiger partial charge in [0.05, 0.1) is 6.54 Å². The van der Waals surface area contributed by atoms with Gasteiger partial charge < -0.3 is 15.5 Å². The Labute approximate surface area is 127 Å². The molecule has 1 saturated heterocycles. The topological polar surface area (TPSA) is 64.7 Å².